The van der Waals surface area contributed by atoms with Crippen molar-refractivity contribution in [2.75, 3.05) is 0 Å². The molecule has 0 radical (unpaired) electrons. The summed E-state index contributed by atoms with van der Waals surface area (Å²) in [7, 11) is 0. The highest BCUT2D eigenvalue weighted by molar-refractivity contribution is 5.12. The molecule has 0 atom stereocenters. The SMILES string of the molecule is C=C/C=C(/O)C=C.CC. The average Bonchev–Trinajstić information content (AvgIpc) is 1.93. The van der Waals surface area contributed by atoms with E-state index in [2.05, 4.69) is 13.2 Å². The lowest BCUT2D eigenvalue weighted by molar-refractivity contribution is 0.433. The second kappa shape index (κ2) is 10.1. The molecule has 52 valence electrons. The fourth-order valence-corrected chi connectivity index (χ4v) is 0.189. The van der Waals surface area contributed by atoms with Gasteiger partial charge in [-0.1, -0.05) is 33.1 Å². The van der Waals surface area contributed by atoms with Crippen LogP contribution in [-0.4, -0.2) is 5.11 Å². The van der Waals surface area contributed by atoms with E-state index in [9.17, 15) is 0 Å². The van der Waals surface area contributed by atoms with Crippen molar-refractivity contribution in [3.05, 3.63) is 37.1 Å². The standard InChI is InChI=1S/C6H8O.C2H6/c1-3-5-6(7)4-2;1-2/h3-5,7H,1-2H2;1-2H3/b6-5+;. The molecule has 0 aromatic carbocycles. The molecule has 0 bridgehead atoms. The lowest BCUT2D eigenvalue weighted by Gasteiger charge is -1.80. The predicted octanol–water partition coefficient (Wildman–Crippen LogP) is 2.83. The first kappa shape index (κ1) is 10.9. The van der Waals surface area contributed by atoms with Gasteiger partial charge in [0.15, 0.2) is 0 Å². The Morgan fingerprint density at radius 1 is 1.33 bits per heavy atom. The first-order valence-corrected chi connectivity index (χ1v) is 2.95. The van der Waals surface area contributed by atoms with Crippen molar-refractivity contribution >= 4 is 0 Å². The number of aliphatic hydroxyl groups is 1. The monoisotopic (exact) mass is 126 g/mol. The first-order valence-electron chi connectivity index (χ1n) is 2.95. The molecule has 1 N–H and O–H groups in total. The Kier molecular flexibility index (Phi) is 12.2. The van der Waals surface area contributed by atoms with Gasteiger partial charge in [0.1, 0.15) is 5.76 Å². The molecule has 0 aliphatic rings. The van der Waals surface area contributed by atoms with Crippen LogP contribution in [0, 0.1) is 0 Å². The maximum absolute atomic E-state index is 8.53. The van der Waals surface area contributed by atoms with E-state index in [0.717, 1.165) is 0 Å². The van der Waals surface area contributed by atoms with Gasteiger partial charge in [-0.25, -0.2) is 0 Å². The van der Waals surface area contributed by atoms with Crippen molar-refractivity contribution in [1.29, 1.82) is 0 Å². The summed E-state index contributed by atoms with van der Waals surface area (Å²) in [5, 5.41) is 8.53. The third-order valence-electron chi connectivity index (χ3n) is 0.498. The van der Waals surface area contributed by atoms with Gasteiger partial charge < -0.3 is 5.11 Å². The summed E-state index contributed by atoms with van der Waals surface area (Å²) >= 11 is 0. The Morgan fingerprint density at radius 2 is 1.78 bits per heavy atom. The lowest BCUT2D eigenvalue weighted by atomic mass is 10.4. The molecule has 0 aliphatic carbocycles. The highest BCUT2D eigenvalue weighted by Crippen LogP contribution is 1.85. The van der Waals surface area contributed by atoms with Gasteiger partial charge >= 0.3 is 0 Å². The zero-order valence-corrected chi connectivity index (χ0v) is 6.09. The van der Waals surface area contributed by atoms with Crippen LogP contribution in [-0.2, 0) is 0 Å². The maximum atomic E-state index is 8.53. The summed E-state index contributed by atoms with van der Waals surface area (Å²) in [5.74, 6) is 0.148. The summed E-state index contributed by atoms with van der Waals surface area (Å²) in [6.07, 6.45) is 4.31. The van der Waals surface area contributed by atoms with E-state index in [1.165, 1.54) is 18.2 Å². The van der Waals surface area contributed by atoms with Gasteiger partial charge in [0.25, 0.3) is 0 Å². The van der Waals surface area contributed by atoms with E-state index in [4.69, 9.17) is 5.11 Å². The quantitative estimate of drug-likeness (QED) is 0.445. The van der Waals surface area contributed by atoms with Crippen LogP contribution < -0.4 is 0 Å². The molecule has 0 aromatic rings. The molecule has 0 heterocycles. The Bertz CT molecular complexity index is 101. The first-order chi connectivity index (χ1) is 4.31. The number of allylic oxidation sites excluding steroid dienone is 3. The number of hydrogen-bond acceptors (Lipinski definition) is 1. The van der Waals surface area contributed by atoms with Gasteiger partial charge in [0.05, 0.1) is 0 Å². The molecular formula is C8H14O. The van der Waals surface area contributed by atoms with Crippen LogP contribution in [0.25, 0.3) is 0 Å². The van der Waals surface area contributed by atoms with Crippen molar-refractivity contribution in [3.8, 4) is 0 Å². The molecule has 0 fully saturated rings. The average molecular weight is 126 g/mol. The summed E-state index contributed by atoms with van der Waals surface area (Å²) in [6.45, 7) is 10.7. The molecular weight excluding hydrogens is 112 g/mol. The molecule has 0 amide bonds. The van der Waals surface area contributed by atoms with Gasteiger partial charge in [-0.05, 0) is 12.2 Å². The molecule has 0 unspecified atom stereocenters. The molecule has 1 heteroatoms. The van der Waals surface area contributed by atoms with E-state index in [1.54, 1.807) is 0 Å². The van der Waals surface area contributed by atoms with Gasteiger partial charge in [-0.3, -0.25) is 0 Å². The second-order valence-electron chi connectivity index (χ2n) is 1.03. The highest BCUT2D eigenvalue weighted by atomic mass is 16.3. The summed E-state index contributed by atoms with van der Waals surface area (Å²) < 4.78 is 0. The molecule has 1 nitrogen and oxygen atoms in total. The molecule has 0 saturated heterocycles. The molecule has 9 heavy (non-hydrogen) atoms. The topological polar surface area (TPSA) is 20.2 Å². The fraction of sp³-hybridized carbons (Fsp3) is 0.250. The highest BCUT2D eigenvalue weighted by Gasteiger charge is 1.72. The Labute approximate surface area is 57.0 Å². The van der Waals surface area contributed by atoms with E-state index >= 15 is 0 Å². The van der Waals surface area contributed by atoms with Crippen LogP contribution in [0.4, 0.5) is 0 Å². The van der Waals surface area contributed by atoms with Crippen LogP contribution in [0.2, 0.25) is 0 Å². The minimum Gasteiger partial charge on any atom is -0.508 e. The Morgan fingerprint density at radius 3 is 1.89 bits per heavy atom. The molecule has 0 saturated carbocycles. The van der Waals surface area contributed by atoms with Gasteiger partial charge in [0, 0.05) is 0 Å². The number of hydrogen-bond donors (Lipinski definition) is 1. The third kappa shape index (κ3) is 10.9. The Balaban J connectivity index is 0. The maximum Gasteiger partial charge on any atom is 0.114 e. The normalized spacial score (nSPS) is 8.89. The molecule has 0 spiro atoms. The third-order valence-corrected chi connectivity index (χ3v) is 0.498. The minimum absolute atomic E-state index is 0.148. The van der Waals surface area contributed by atoms with E-state index in [-0.39, 0.29) is 5.76 Å². The van der Waals surface area contributed by atoms with Crippen LogP contribution in [0.15, 0.2) is 37.1 Å². The fourth-order valence-electron chi connectivity index (χ4n) is 0.189. The van der Waals surface area contributed by atoms with Crippen molar-refractivity contribution in [1.82, 2.24) is 0 Å². The Hall–Kier alpha value is -0.980. The summed E-state index contributed by atoms with van der Waals surface area (Å²) in [6, 6.07) is 0. The van der Waals surface area contributed by atoms with E-state index < -0.39 is 0 Å². The number of rotatable bonds is 2. The zero-order chi connectivity index (χ0) is 7.70. The van der Waals surface area contributed by atoms with E-state index in [1.807, 2.05) is 13.8 Å². The van der Waals surface area contributed by atoms with Gasteiger partial charge in [-0.2, -0.15) is 0 Å². The molecule has 0 aliphatic heterocycles. The molecule has 0 rings (SSSR count). The largest absolute Gasteiger partial charge is 0.508 e. The predicted molar refractivity (Wildman–Crippen MR) is 42.5 cm³/mol. The second-order valence-corrected chi connectivity index (χ2v) is 1.03. The van der Waals surface area contributed by atoms with Crippen LogP contribution in [0.1, 0.15) is 13.8 Å². The van der Waals surface area contributed by atoms with E-state index in [0.29, 0.717) is 0 Å². The van der Waals surface area contributed by atoms with Crippen LogP contribution >= 0.6 is 0 Å². The smallest absolute Gasteiger partial charge is 0.114 e. The van der Waals surface area contributed by atoms with Crippen LogP contribution in [0.3, 0.4) is 0 Å². The van der Waals surface area contributed by atoms with Gasteiger partial charge in [-0.15, -0.1) is 0 Å². The summed E-state index contributed by atoms with van der Waals surface area (Å²) in [5.41, 5.74) is 0. The summed E-state index contributed by atoms with van der Waals surface area (Å²) in [4.78, 5) is 0. The van der Waals surface area contributed by atoms with Gasteiger partial charge in [0.2, 0.25) is 0 Å². The lowest BCUT2D eigenvalue weighted by Crippen LogP contribution is -1.66. The van der Waals surface area contributed by atoms with Crippen LogP contribution in [0.5, 0.6) is 0 Å². The molecule has 0 aromatic heterocycles. The number of aliphatic hydroxyl groups excluding tert-OH is 1. The van der Waals surface area contributed by atoms with Crippen molar-refractivity contribution in [3.63, 3.8) is 0 Å². The zero-order valence-electron chi connectivity index (χ0n) is 6.09. The minimum atomic E-state index is 0.148. The van der Waals surface area contributed by atoms with Crippen molar-refractivity contribution in [2.45, 2.75) is 13.8 Å². The van der Waals surface area contributed by atoms with Crippen molar-refractivity contribution < 1.29 is 5.11 Å². The van der Waals surface area contributed by atoms with Crippen molar-refractivity contribution in [2.24, 2.45) is 0 Å².